The predicted molar refractivity (Wildman–Crippen MR) is 41.5 cm³/mol. The Morgan fingerprint density at radius 2 is 2.15 bits per heavy atom. The van der Waals surface area contributed by atoms with Crippen LogP contribution in [-0.2, 0) is 0 Å². The number of allylic oxidation sites excluding steroid dienone is 1. The first-order valence-electron chi connectivity index (χ1n) is 3.45. The van der Waals surface area contributed by atoms with E-state index in [9.17, 15) is 13.2 Å². The summed E-state index contributed by atoms with van der Waals surface area (Å²) < 4.78 is 35.8. The Bertz CT molecular complexity index is 257. The third-order valence-corrected chi connectivity index (χ3v) is 1.40. The molecule has 7 heteroatoms. The van der Waals surface area contributed by atoms with Gasteiger partial charge in [0.15, 0.2) is 5.79 Å². The highest BCUT2D eigenvalue weighted by molar-refractivity contribution is 5.78. The molecule has 4 nitrogen and oxygen atoms in total. The number of rotatable bonds is 1. The monoisotopic (exact) mass is 194 g/mol. The van der Waals surface area contributed by atoms with Gasteiger partial charge in [-0.2, -0.15) is 13.2 Å². The molecule has 0 aromatic rings. The van der Waals surface area contributed by atoms with Crippen LogP contribution in [0.1, 0.15) is 6.42 Å². The third kappa shape index (κ3) is 2.94. The van der Waals surface area contributed by atoms with Crippen LogP contribution in [0.4, 0.5) is 13.2 Å². The molecule has 1 heterocycles. The summed E-state index contributed by atoms with van der Waals surface area (Å²) in [5.74, 6) is -1.82. The fourth-order valence-electron chi connectivity index (χ4n) is 0.875. The molecule has 0 amide bonds. The van der Waals surface area contributed by atoms with Crippen molar-refractivity contribution in [3.8, 4) is 0 Å². The summed E-state index contributed by atoms with van der Waals surface area (Å²) in [6, 6.07) is 0. The van der Waals surface area contributed by atoms with Crippen molar-refractivity contribution < 1.29 is 13.2 Å². The highest BCUT2D eigenvalue weighted by Crippen LogP contribution is 2.26. The van der Waals surface area contributed by atoms with Gasteiger partial charge in [0.1, 0.15) is 6.42 Å². The molecule has 1 unspecified atom stereocenters. The molecule has 1 rings (SSSR count). The molecule has 0 aromatic carbocycles. The Labute approximate surface area is 72.5 Å². The SMILES string of the molecule is NC1=CNC(N)(CC(F)(F)F)N=C1. The molecule has 0 bridgehead atoms. The van der Waals surface area contributed by atoms with Crippen molar-refractivity contribution in [1.82, 2.24) is 5.32 Å². The molecule has 0 spiro atoms. The molecule has 0 radical (unpaired) electrons. The van der Waals surface area contributed by atoms with Crippen LogP contribution in [0.2, 0.25) is 0 Å². The van der Waals surface area contributed by atoms with Crippen molar-refractivity contribution in [3.05, 3.63) is 11.9 Å². The molecular formula is C6H9F3N4. The largest absolute Gasteiger partial charge is 0.396 e. The van der Waals surface area contributed by atoms with Crippen LogP contribution in [-0.4, -0.2) is 18.2 Å². The summed E-state index contributed by atoms with van der Waals surface area (Å²) in [6.45, 7) is 0. The average Bonchev–Trinajstić information content (AvgIpc) is 1.92. The molecule has 5 N–H and O–H groups in total. The molecule has 1 aliphatic heterocycles. The van der Waals surface area contributed by atoms with Gasteiger partial charge in [0.25, 0.3) is 0 Å². The van der Waals surface area contributed by atoms with Gasteiger partial charge >= 0.3 is 6.18 Å². The van der Waals surface area contributed by atoms with Gasteiger partial charge in [-0.1, -0.05) is 0 Å². The minimum Gasteiger partial charge on any atom is -0.396 e. The summed E-state index contributed by atoms with van der Waals surface area (Å²) in [5.41, 5.74) is 10.7. The van der Waals surface area contributed by atoms with Gasteiger partial charge in [-0.25, -0.2) is 4.99 Å². The van der Waals surface area contributed by atoms with Gasteiger partial charge in [0.05, 0.1) is 5.70 Å². The molecule has 0 aromatic heterocycles. The number of nitrogens with two attached hydrogens (primary N) is 2. The summed E-state index contributed by atoms with van der Waals surface area (Å²) in [4.78, 5) is 3.46. The summed E-state index contributed by atoms with van der Waals surface area (Å²) in [7, 11) is 0. The van der Waals surface area contributed by atoms with Crippen LogP contribution in [0.5, 0.6) is 0 Å². The Kier molecular flexibility index (Phi) is 2.21. The normalized spacial score (nSPS) is 28.2. The summed E-state index contributed by atoms with van der Waals surface area (Å²) in [6.07, 6.45) is -3.31. The van der Waals surface area contributed by atoms with E-state index in [1.807, 2.05) is 0 Å². The van der Waals surface area contributed by atoms with Crippen LogP contribution in [0.25, 0.3) is 0 Å². The zero-order valence-corrected chi connectivity index (χ0v) is 6.60. The molecule has 1 atom stereocenters. The van der Waals surface area contributed by atoms with Crippen LogP contribution >= 0.6 is 0 Å². The maximum Gasteiger partial charge on any atom is 0.394 e. The van der Waals surface area contributed by atoms with Crippen molar-refractivity contribution in [2.75, 3.05) is 0 Å². The van der Waals surface area contributed by atoms with Crippen LogP contribution in [0, 0.1) is 0 Å². The molecule has 74 valence electrons. The number of hydrogen-bond donors (Lipinski definition) is 3. The lowest BCUT2D eigenvalue weighted by Crippen LogP contribution is -2.54. The highest BCUT2D eigenvalue weighted by Gasteiger charge is 2.40. The zero-order valence-electron chi connectivity index (χ0n) is 6.60. The van der Waals surface area contributed by atoms with Crippen molar-refractivity contribution in [2.45, 2.75) is 18.4 Å². The molecule has 13 heavy (non-hydrogen) atoms. The third-order valence-electron chi connectivity index (χ3n) is 1.40. The van der Waals surface area contributed by atoms with Gasteiger partial charge in [0.2, 0.25) is 0 Å². The van der Waals surface area contributed by atoms with E-state index in [2.05, 4.69) is 10.3 Å². The molecule has 0 saturated carbocycles. The van der Waals surface area contributed by atoms with Crippen molar-refractivity contribution in [1.29, 1.82) is 0 Å². The first-order chi connectivity index (χ1) is 5.81. The van der Waals surface area contributed by atoms with Crippen LogP contribution < -0.4 is 16.8 Å². The second kappa shape index (κ2) is 2.91. The van der Waals surface area contributed by atoms with Crippen molar-refractivity contribution >= 4 is 6.21 Å². The highest BCUT2D eigenvalue weighted by atomic mass is 19.4. The second-order valence-corrected chi connectivity index (χ2v) is 2.76. The first kappa shape index (κ1) is 9.85. The summed E-state index contributed by atoms with van der Waals surface area (Å²) >= 11 is 0. The molecule has 0 aliphatic carbocycles. The van der Waals surface area contributed by atoms with Gasteiger partial charge < -0.3 is 11.1 Å². The summed E-state index contributed by atoms with van der Waals surface area (Å²) in [5, 5.41) is 2.27. The van der Waals surface area contributed by atoms with E-state index in [1.54, 1.807) is 0 Å². The fraction of sp³-hybridized carbons (Fsp3) is 0.500. The number of alkyl halides is 3. The van der Waals surface area contributed by atoms with Crippen LogP contribution in [0.15, 0.2) is 16.9 Å². The lowest BCUT2D eigenvalue weighted by atomic mass is 10.2. The standard InChI is InChI=1S/C6H9F3N4/c7-5(8,9)3-6(11)12-1-4(10)2-13-6/h1-2,12H,3,10-11H2. The average molecular weight is 194 g/mol. The molecular weight excluding hydrogens is 185 g/mol. The van der Waals surface area contributed by atoms with E-state index >= 15 is 0 Å². The first-order valence-corrected chi connectivity index (χ1v) is 3.45. The van der Waals surface area contributed by atoms with Gasteiger partial charge in [-0.15, -0.1) is 0 Å². The smallest absolute Gasteiger partial charge is 0.394 e. The Hall–Kier alpha value is -1.24. The Morgan fingerprint density at radius 3 is 2.54 bits per heavy atom. The van der Waals surface area contributed by atoms with E-state index in [0.717, 1.165) is 6.21 Å². The fourth-order valence-corrected chi connectivity index (χ4v) is 0.875. The Morgan fingerprint density at radius 1 is 1.54 bits per heavy atom. The molecule has 1 aliphatic rings. The van der Waals surface area contributed by atoms with E-state index in [1.165, 1.54) is 6.20 Å². The van der Waals surface area contributed by atoms with Gasteiger partial charge in [-0.05, 0) is 0 Å². The lowest BCUT2D eigenvalue weighted by Gasteiger charge is -2.28. The van der Waals surface area contributed by atoms with Crippen molar-refractivity contribution in [3.63, 3.8) is 0 Å². The van der Waals surface area contributed by atoms with Crippen LogP contribution in [0.3, 0.4) is 0 Å². The quantitative estimate of drug-likeness (QED) is 0.551. The number of halogens is 3. The van der Waals surface area contributed by atoms with Crippen molar-refractivity contribution in [2.24, 2.45) is 16.5 Å². The topological polar surface area (TPSA) is 76.4 Å². The predicted octanol–water partition coefficient (Wildman–Crippen LogP) is 0.0254. The zero-order chi connectivity index (χ0) is 10.1. The Balaban J connectivity index is 2.66. The van der Waals surface area contributed by atoms with Gasteiger partial charge in [0, 0.05) is 12.4 Å². The molecule has 0 saturated heterocycles. The maximum atomic E-state index is 11.9. The van der Waals surface area contributed by atoms with E-state index in [-0.39, 0.29) is 5.70 Å². The van der Waals surface area contributed by atoms with E-state index in [0.29, 0.717) is 0 Å². The number of hydrogen-bond acceptors (Lipinski definition) is 4. The van der Waals surface area contributed by atoms with E-state index < -0.39 is 18.4 Å². The minimum absolute atomic E-state index is 0.239. The maximum absolute atomic E-state index is 11.9. The number of nitrogens with zero attached hydrogens (tertiary/aromatic N) is 1. The second-order valence-electron chi connectivity index (χ2n) is 2.76. The number of aliphatic imine (C=N–C) groups is 1. The minimum atomic E-state index is -4.36. The molecule has 0 fully saturated rings. The number of nitrogens with one attached hydrogen (secondary N) is 1. The lowest BCUT2D eigenvalue weighted by molar-refractivity contribution is -0.148. The van der Waals surface area contributed by atoms with E-state index in [4.69, 9.17) is 11.5 Å². The van der Waals surface area contributed by atoms with Gasteiger partial charge in [-0.3, -0.25) is 5.73 Å².